The van der Waals surface area contributed by atoms with Gasteiger partial charge >= 0.3 is 0 Å². The molecule has 1 saturated heterocycles. The summed E-state index contributed by atoms with van der Waals surface area (Å²) < 4.78 is 5.37. The topological polar surface area (TPSA) is 54.5 Å². The second-order valence-electron chi connectivity index (χ2n) is 4.21. The first-order valence-corrected chi connectivity index (χ1v) is 6.38. The van der Waals surface area contributed by atoms with Crippen LogP contribution in [-0.2, 0) is 4.74 Å². The minimum atomic E-state index is 0.0545. The average Bonchev–Trinajstić information content (AvgIpc) is 2.68. The van der Waals surface area contributed by atoms with Crippen LogP contribution in [0.5, 0.6) is 0 Å². The van der Waals surface area contributed by atoms with Crippen molar-refractivity contribution in [3.63, 3.8) is 0 Å². The lowest BCUT2D eigenvalue weighted by Crippen LogP contribution is -2.33. The molecule has 0 saturated carbocycles. The molecule has 2 heterocycles. The Labute approximate surface area is 107 Å². The van der Waals surface area contributed by atoms with E-state index in [0.29, 0.717) is 18.7 Å². The van der Waals surface area contributed by atoms with E-state index >= 15 is 0 Å². The van der Waals surface area contributed by atoms with E-state index in [2.05, 4.69) is 10.3 Å². The van der Waals surface area contributed by atoms with Gasteiger partial charge in [0.2, 0.25) is 0 Å². The third-order valence-electron chi connectivity index (χ3n) is 2.93. The van der Waals surface area contributed by atoms with Crippen molar-refractivity contribution in [2.75, 3.05) is 38.2 Å². The Hall–Kier alpha value is -1.62. The van der Waals surface area contributed by atoms with Crippen LogP contribution < -0.4 is 5.32 Å². The molecule has 5 heteroatoms. The van der Waals surface area contributed by atoms with Crippen molar-refractivity contribution in [3.8, 4) is 0 Å². The quantitative estimate of drug-likeness (QED) is 0.879. The van der Waals surface area contributed by atoms with Crippen molar-refractivity contribution in [2.45, 2.75) is 13.3 Å². The van der Waals surface area contributed by atoms with Crippen molar-refractivity contribution < 1.29 is 9.53 Å². The Balaban J connectivity index is 2.16. The SMILES string of the molecule is CCNc1cnccc1C(=O)N1CCCOCC1. The second-order valence-corrected chi connectivity index (χ2v) is 4.21. The number of rotatable bonds is 3. The monoisotopic (exact) mass is 249 g/mol. The molecule has 0 unspecified atom stereocenters. The Morgan fingerprint density at radius 2 is 2.39 bits per heavy atom. The van der Waals surface area contributed by atoms with Crippen LogP contribution >= 0.6 is 0 Å². The Morgan fingerprint density at radius 1 is 1.50 bits per heavy atom. The largest absolute Gasteiger partial charge is 0.383 e. The lowest BCUT2D eigenvalue weighted by atomic mass is 10.2. The molecule has 1 aliphatic heterocycles. The maximum Gasteiger partial charge on any atom is 0.256 e. The van der Waals surface area contributed by atoms with Crippen molar-refractivity contribution in [1.82, 2.24) is 9.88 Å². The summed E-state index contributed by atoms with van der Waals surface area (Å²) >= 11 is 0. The summed E-state index contributed by atoms with van der Waals surface area (Å²) in [6.45, 7) is 5.54. The van der Waals surface area contributed by atoms with Gasteiger partial charge < -0.3 is 15.0 Å². The zero-order valence-corrected chi connectivity index (χ0v) is 10.7. The van der Waals surface area contributed by atoms with Crippen molar-refractivity contribution >= 4 is 11.6 Å². The summed E-state index contributed by atoms with van der Waals surface area (Å²) in [6, 6.07) is 1.77. The van der Waals surface area contributed by atoms with Gasteiger partial charge in [-0.05, 0) is 19.4 Å². The van der Waals surface area contributed by atoms with Crippen molar-refractivity contribution in [1.29, 1.82) is 0 Å². The number of nitrogens with zero attached hydrogens (tertiary/aromatic N) is 2. The van der Waals surface area contributed by atoms with E-state index in [4.69, 9.17) is 4.74 Å². The van der Waals surface area contributed by atoms with Crippen molar-refractivity contribution in [2.24, 2.45) is 0 Å². The predicted octanol–water partition coefficient (Wildman–Crippen LogP) is 1.38. The van der Waals surface area contributed by atoms with E-state index in [1.807, 2.05) is 11.8 Å². The van der Waals surface area contributed by atoms with Crippen LogP contribution in [0.15, 0.2) is 18.5 Å². The molecule has 18 heavy (non-hydrogen) atoms. The first-order valence-electron chi connectivity index (χ1n) is 6.38. The van der Waals surface area contributed by atoms with Gasteiger partial charge in [-0.3, -0.25) is 9.78 Å². The number of anilines is 1. The van der Waals surface area contributed by atoms with Crippen LogP contribution in [0.2, 0.25) is 0 Å². The summed E-state index contributed by atoms with van der Waals surface area (Å²) in [4.78, 5) is 18.4. The molecular weight excluding hydrogens is 230 g/mol. The molecule has 1 aromatic rings. The van der Waals surface area contributed by atoms with Gasteiger partial charge in [-0.1, -0.05) is 0 Å². The van der Waals surface area contributed by atoms with Crippen LogP contribution in [-0.4, -0.2) is 48.6 Å². The molecule has 0 aliphatic carbocycles. The second kappa shape index (κ2) is 6.35. The summed E-state index contributed by atoms with van der Waals surface area (Å²) in [5, 5.41) is 3.17. The zero-order chi connectivity index (χ0) is 12.8. The van der Waals surface area contributed by atoms with Crippen LogP contribution in [0.3, 0.4) is 0 Å². The van der Waals surface area contributed by atoms with E-state index < -0.39 is 0 Å². The van der Waals surface area contributed by atoms with E-state index in [0.717, 1.165) is 31.8 Å². The van der Waals surface area contributed by atoms with Crippen LogP contribution in [0, 0.1) is 0 Å². The number of hydrogen-bond donors (Lipinski definition) is 1. The number of nitrogens with one attached hydrogen (secondary N) is 1. The lowest BCUT2D eigenvalue weighted by molar-refractivity contribution is 0.0742. The Morgan fingerprint density at radius 3 is 3.22 bits per heavy atom. The molecule has 1 aromatic heterocycles. The number of ether oxygens (including phenoxy) is 1. The molecule has 1 amide bonds. The molecule has 0 bridgehead atoms. The normalized spacial score (nSPS) is 16.2. The van der Waals surface area contributed by atoms with Gasteiger partial charge in [0.25, 0.3) is 5.91 Å². The van der Waals surface area contributed by atoms with Gasteiger partial charge in [0.1, 0.15) is 0 Å². The summed E-state index contributed by atoms with van der Waals surface area (Å²) in [6.07, 6.45) is 4.25. The average molecular weight is 249 g/mol. The van der Waals surface area contributed by atoms with Gasteiger partial charge in [0.05, 0.1) is 24.1 Å². The summed E-state index contributed by atoms with van der Waals surface area (Å²) in [7, 11) is 0. The number of carbonyl (C=O) groups is 1. The number of aromatic nitrogens is 1. The number of carbonyl (C=O) groups excluding carboxylic acids is 1. The molecule has 98 valence electrons. The standard InChI is InChI=1S/C13H19N3O2/c1-2-15-12-10-14-5-4-11(12)13(17)16-6-3-8-18-9-7-16/h4-5,10,15H,2-3,6-9H2,1H3. The van der Waals surface area contributed by atoms with Gasteiger partial charge in [-0.25, -0.2) is 0 Å². The van der Waals surface area contributed by atoms with Gasteiger partial charge in [0.15, 0.2) is 0 Å². The Kier molecular flexibility index (Phi) is 4.52. The fourth-order valence-corrected chi connectivity index (χ4v) is 2.03. The third kappa shape index (κ3) is 2.98. The predicted molar refractivity (Wildman–Crippen MR) is 69.7 cm³/mol. The van der Waals surface area contributed by atoms with Crippen molar-refractivity contribution in [3.05, 3.63) is 24.0 Å². The number of hydrogen-bond acceptors (Lipinski definition) is 4. The number of pyridine rings is 1. The maximum atomic E-state index is 12.5. The van der Waals surface area contributed by atoms with E-state index in [1.54, 1.807) is 18.5 Å². The molecule has 1 fully saturated rings. The fraction of sp³-hybridized carbons (Fsp3) is 0.538. The van der Waals surface area contributed by atoms with E-state index in [9.17, 15) is 4.79 Å². The van der Waals surface area contributed by atoms with Gasteiger partial charge in [-0.2, -0.15) is 0 Å². The first kappa shape index (κ1) is 12.8. The smallest absolute Gasteiger partial charge is 0.256 e. The molecule has 5 nitrogen and oxygen atoms in total. The minimum absolute atomic E-state index is 0.0545. The lowest BCUT2D eigenvalue weighted by Gasteiger charge is -2.21. The highest BCUT2D eigenvalue weighted by molar-refractivity contribution is 5.99. The number of amides is 1. The molecule has 0 radical (unpaired) electrons. The van der Waals surface area contributed by atoms with Gasteiger partial charge in [-0.15, -0.1) is 0 Å². The maximum absolute atomic E-state index is 12.5. The van der Waals surface area contributed by atoms with Gasteiger partial charge in [0, 0.05) is 32.4 Å². The molecule has 0 atom stereocenters. The molecular formula is C13H19N3O2. The molecule has 0 aromatic carbocycles. The van der Waals surface area contributed by atoms with Crippen LogP contribution in [0.4, 0.5) is 5.69 Å². The molecule has 1 aliphatic rings. The van der Waals surface area contributed by atoms with Crippen LogP contribution in [0.25, 0.3) is 0 Å². The zero-order valence-electron chi connectivity index (χ0n) is 10.7. The molecule has 0 spiro atoms. The Bertz CT molecular complexity index is 401. The molecule has 1 N–H and O–H groups in total. The van der Waals surface area contributed by atoms with Crippen LogP contribution in [0.1, 0.15) is 23.7 Å². The third-order valence-corrected chi connectivity index (χ3v) is 2.93. The fourth-order valence-electron chi connectivity index (χ4n) is 2.03. The minimum Gasteiger partial charge on any atom is -0.383 e. The first-order chi connectivity index (χ1) is 8.83. The van der Waals surface area contributed by atoms with E-state index in [1.165, 1.54) is 0 Å². The highest BCUT2D eigenvalue weighted by Gasteiger charge is 2.19. The molecule has 2 rings (SSSR count). The van der Waals surface area contributed by atoms with E-state index in [-0.39, 0.29) is 5.91 Å². The summed E-state index contributed by atoms with van der Waals surface area (Å²) in [5.41, 5.74) is 1.49. The highest BCUT2D eigenvalue weighted by atomic mass is 16.5. The highest BCUT2D eigenvalue weighted by Crippen LogP contribution is 2.16. The summed E-state index contributed by atoms with van der Waals surface area (Å²) in [5.74, 6) is 0.0545.